The third-order valence-corrected chi connectivity index (χ3v) is 9.15. The highest BCUT2D eigenvalue weighted by molar-refractivity contribution is 5.91. The lowest BCUT2D eigenvalue weighted by atomic mass is 9.82. The molecule has 49 heavy (non-hydrogen) atoms. The Kier molecular flexibility index (Phi) is 16.6. The summed E-state index contributed by atoms with van der Waals surface area (Å²) < 4.78 is 35.3. The molecule has 0 aromatic heterocycles. The van der Waals surface area contributed by atoms with E-state index in [0.29, 0.717) is 12.8 Å². The van der Waals surface area contributed by atoms with Gasteiger partial charge in [-0.25, -0.2) is 0 Å². The summed E-state index contributed by atoms with van der Waals surface area (Å²) in [6, 6.07) is -0.647. The van der Waals surface area contributed by atoms with Crippen molar-refractivity contribution in [1.82, 2.24) is 4.90 Å². The first-order valence-corrected chi connectivity index (χ1v) is 17.1. The molecule has 1 fully saturated rings. The van der Waals surface area contributed by atoms with Crippen LogP contribution in [0.15, 0.2) is 23.8 Å². The lowest BCUT2D eigenvalue weighted by Crippen LogP contribution is -2.65. The zero-order chi connectivity index (χ0) is 37.2. The quantitative estimate of drug-likeness (QED) is 0.290. The number of nitrogens with zero attached hydrogens (tertiary/aromatic N) is 1. The summed E-state index contributed by atoms with van der Waals surface area (Å²) in [5, 5.41) is 11.4. The number of hydrogen-bond acceptors (Lipinski definition) is 13. The minimum Gasteiger partial charge on any atom is -0.465 e. The van der Waals surface area contributed by atoms with E-state index in [9.17, 15) is 29.1 Å². The fraction of sp³-hybridized carbons (Fsp3) is 0.750. The minimum atomic E-state index is -1.23. The molecule has 1 saturated heterocycles. The molecule has 2 aliphatic rings. The molecule has 2 heterocycles. The molecule has 7 unspecified atom stereocenters. The lowest BCUT2D eigenvalue weighted by molar-refractivity contribution is -0.307. The second kappa shape index (κ2) is 19.3. The van der Waals surface area contributed by atoms with Gasteiger partial charge < -0.3 is 33.5 Å². The number of rotatable bonds is 8. The zero-order valence-electron chi connectivity index (χ0n) is 30.9. The van der Waals surface area contributed by atoms with Gasteiger partial charge in [0.2, 0.25) is 0 Å². The van der Waals surface area contributed by atoms with Crippen LogP contribution < -0.4 is 0 Å². The van der Waals surface area contributed by atoms with E-state index in [0.717, 1.165) is 5.57 Å². The third kappa shape index (κ3) is 12.6. The number of allylic oxidation sites excluding steroid dienone is 3. The Labute approximate surface area is 290 Å². The van der Waals surface area contributed by atoms with Gasteiger partial charge in [-0.1, -0.05) is 45.4 Å². The first-order chi connectivity index (χ1) is 22.9. The van der Waals surface area contributed by atoms with Crippen molar-refractivity contribution >= 4 is 29.7 Å². The standard InChI is InChI=1S/C36H57NO12/c1-12-30-27(18-44-24(7)38)15-19(2)13-14-28(41)20(3)16-21(4)33(22(5)29(42)17-31(43)48-30)49-36-35(47-26(9)40)32(37(10)11)34(23(6)45-36)46-25(8)39/h13-15,20-23,27,29-30,32-36,42H,12,16-18H2,1-11H3/b14-13+,19-15+/t20-,21+,22+,23?,27?,29-,30?,32?,33+,34?,35?,36?/m1/s1. The maximum atomic E-state index is 13.3. The summed E-state index contributed by atoms with van der Waals surface area (Å²) in [6.45, 7) is 14.6. The van der Waals surface area contributed by atoms with Gasteiger partial charge in [0.05, 0.1) is 30.8 Å². The summed E-state index contributed by atoms with van der Waals surface area (Å²) in [5.74, 6) is -4.32. The highest BCUT2D eigenvalue weighted by Crippen LogP contribution is 2.35. The number of carbonyl (C=O) groups is 5. The van der Waals surface area contributed by atoms with E-state index < -0.39 is 90.6 Å². The van der Waals surface area contributed by atoms with Crippen LogP contribution in [-0.2, 0) is 52.4 Å². The van der Waals surface area contributed by atoms with Crippen LogP contribution >= 0.6 is 0 Å². The molecule has 0 aliphatic carbocycles. The fourth-order valence-electron chi connectivity index (χ4n) is 6.62. The van der Waals surface area contributed by atoms with Crippen LogP contribution in [0.1, 0.15) is 81.6 Å². The summed E-state index contributed by atoms with van der Waals surface area (Å²) in [7, 11) is 3.52. The third-order valence-electron chi connectivity index (χ3n) is 9.15. The Bertz CT molecular complexity index is 1210. The number of cyclic esters (lactones) is 1. The fourth-order valence-corrected chi connectivity index (χ4v) is 6.62. The van der Waals surface area contributed by atoms with E-state index in [1.807, 2.05) is 33.8 Å². The molecular formula is C36H57NO12. The molecule has 13 nitrogen and oxygen atoms in total. The topological polar surface area (TPSA) is 164 Å². The van der Waals surface area contributed by atoms with Crippen molar-refractivity contribution in [2.45, 2.75) is 131 Å². The zero-order valence-corrected chi connectivity index (χ0v) is 30.9. The predicted molar refractivity (Wildman–Crippen MR) is 179 cm³/mol. The van der Waals surface area contributed by atoms with Crippen molar-refractivity contribution < 1.29 is 57.5 Å². The van der Waals surface area contributed by atoms with Crippen LogP contribution in [0.4, 0.5) is 0 Å². The van der Waals surface area contributed by atoms with Gasteiger partial charge in [-0.05, 0) is 52.8 Å². The van der Waals surface area contributed by atoms with Crippen LogP contribution in [0.3, 0.4) is 0 Å². The number of aliphatic hydroxyl groups is 1. The highest BCUT2D eigenvalue weighted by Gasteiger charge is 2.51. The maximum absolute atomic E-state index is 13.3. The number of ketones is 1. The minimum absolute atomic E-state index is 0.0292. The van der Waals surface area contributed by atoms with Gasteiger partial charge in [-0.3, -0.25) is 28.9 Å². The SMILES string of the molecule is CCC1OC(=O)C[C@@H](O)[C@H](C)[C@@H](OC2OC(C)C(OC(C)=O)C(N(C)C)C2OC(C)=O)[C@@H](C)C[C@@H](C)C(=O)/C=C/C(C)=C/C1COC(C)=O. The number of aliphatic hydroxyl groups excluding tert-OH is 1. The van der Waals surface area contributed by atoms with Crippen molar-refractivity contribution in [3.05, 3.63) is 23.8 Å². The highest BCUT2D eigenvalue weighted by atomic mass is 16.7. The van der Waals surface area contributed by atoms with Crippen molar-refractivity contribution in [3.63, 3.8) is 0 Å². The monoisotopic (exact) mass is 695 g/mol. The van der Waals surface area contributed by atoms with Crippen molar-refractivity contribution in [3.8, 4) is 0 Å². The van der Waals surface area contributed by atoms with Crippen LogP contribution in [0.2, 0.25) is 0 Å². The first kappa shape index (κ1) is 42.0. The molecular weight excluding hydrogens is 638 g/mol. The van der Waals surface area contributed by atoms with Crippen molar-refractivity contribution in [1.29, 1.82) is 0 Å². The van der Waals surface area contributed by atoms with Crippen molar-refractivity contribution in [2.75, 3.05) is 20.7 Å². The lowest BCUT2D eigenvalue weighted by Gasteiger charge is -2.48. The molecule has 0 amide bonds. The van der Waals surface area contributed by atoms with Crippen LogP contribution in [0, 0.1) is 23.7 Å². The first-order valence-electron chi connectivity index (χ1n) is 17.1. The van der Waals surface area contributed by atoms with E-state index in [1.165, 1.54) is 26.8 Å². The molecule has 13 heteroatoms. The molecule has 0 radical (unpaired) electrons. The molecule has 0 aromatic rings. The van der Waals surface area contributed by atoms with Gasteiger partial charge in [0.25, 0.3) is 0 Å². The van der Waals surface area contributed by atoms with E-state index >= 15 is 0 Å². The smallest absolute Gasteiger partial charge is 0.308 e. The number of likely N-dealkylation sites (N-methyl/N-ethyl adjacent to an activating group) is 1. The molecule has 12 atom stereocenters. The molecule has 2 rings (SSSR count). The average molecular weight is 696 g/mol. The Morgan fingerprint density at radius 3 is 2.10 bits per heavy atom. The van der Waals surface area contributed by atoms with Gasteiger partial charge >= 0.3 is 23.9 Å². The molecule has 0 spiro atoms. The Morgan fingerprint density at radius 2 is 1.55 bits per heavy atom. The summed E-state index contributed by atoms with van der Waals surface area (Å²) in [5.41, 5.74) is 0.727. The summed E-state index contributed by atoms with van der Waals surface area (Å²) in [4.78, 5) is 64.3. The summed E-state index contributed by atoms with van der Waals surface area (Å²) in [6.07, 6.45) is -0.921. The average Bonchev–Trinajstić information content (AvgIpc) is 2.99. The largest absolute Gasteiger partial charge is 0.465 e. The van der Waals surface area contributed by atoms with Gasteiger partial charge in [0.1, 0.15) is 18.8 Å². The van der Waals surface area contributed by atoms with Crippen LogP contribution in [0.5, 0.6) is 0 Å². The Morgan fingerprint density at radius 1 is 0.939 bits per heavy atom. The van der Waals surface area contributed by atoms with Gasteiger partial charge in [0, 0.05) is 38.5 Å². The maximum Gasteiger partial charge on any atom is 0.308 e. The number of ether oxygens (including phenoxy) is 6. The normalized spacial score (nSPS) is 37.0. The summed E-state index contributed by atoms with van der Waals surface area (Å²) >= 11 is 0. The number of hydrogen-bond donors (Lipinski definition) is 1. The molecule has 278 valence electrons. The van der Waals surface area contributed by atoms with Gasteiger partial charge in [-0.15, -0.1) is 0 Å². The van der Waals surface area contributed by atoms with Gasteiger partial charge in [0.15, 0.2) is 18.2 Å². The predicted octanol–water partition coefficient (Wildman–Crippen LogP) is 3.55. The Hall–Kier alpha value is -3.13. The van der Waals surface area contributed by atoms with E-state index in [1.54, 1.807) is 38.9 Å². The molecule has 2 aliphatic heterocycles. The van der Waals surface area contributed by atoms with Crippen LogP contribution in [0.25, 0.3) is 0 Å². The molecule has 0 saturated carbocycles. The molecule has 0 aromatic carbocycles. The number of carbonyl (C=O) groups excluding carboxylic acids is 5. The second-order valence-corrected chi connectivity index (χ2v) is 13.7. The van der Waals surface area contributed by atoms with Gasteiger partial charge in [-0.2, -0.15) is 0 Å². The second-order valence-electron chi connectivity index (χ2n) is 13.7. The van der Waals surface area contributed by atoms with E-state index in [-0.39, 0.29) is 24.7 Å². The van der Waals surface area contributed by atoms with Crippen molar-refractivity contribution in [2.24, 2.45) is 23.7 Å². The van der Waals surface area contributed by atoms with Crippen LogP contribution in [-0.4, -0.2) is 109 Å². The number of esters is 4. The van der Waals surface area contributed by atoms with E-state index in [2.05, 4.69) is 0 Å². The molecule has 0 bridgehead atoms. The molecule has 1 N–H and O–H groups in total. The van der Waals surface area contributed by atoms with E-state index in [4.69, 9.17) is 28.4 Å². The Balaban J connectivity index is 2.54.